The van der Waals surface area contributed by atoms with Gasteiger partial charge in [-0.1, -0.05) is 64.5 Å². The molecule has 0 spiro atoms. The number of sulfonamides is 1. The van der Waals surface area contributed by atoms with Gasteiger partial charge in [-0.2, -0.15) is 0 Å². The number of anilines is 1. The zero-order valence-electron chi connectivity index (χ0n) is 16.6. The second-order valence-corrected chi connectivity index (χ2v) is 10.5. The van der Waals surface area contributed by atoms with Gasteiger partial charge in [0.2, 0.25) is 0 Å². The average molecular weight is 483 g/mol. The lowest BCUT2D eigenvalue weighted by atomic mass is 9.99. The van der Waals surface area contributed by atoms with Crippen molar-refractivity contribution in [3.8, 4) is 0 Å². The topological polar surface area (TPSA) is 40.6 Å². The van der Waals surface area contributed by atoms with Gasteiger partial charge >= 0.3 is 0 Å². The normalized spacial score (nSPS) is 18.0. The number of hydrogen-bond donors (Lipinski definition) is 0. The van der Waals surface area contributed by atoms with E-state index < -0.39 is 10.0 Å². The molecule has 0 saturated carbocycles. The lowest BCUT2D eigenvalue weighted by molar-refractivity contribution is 0.300. The first-order valence-corrected chi connectivity index (χ1v) is 12.5. The van der Waals surface area contributed by atoms with Crippen LogP contribution in [0.25, 0.3) is 16.3 Å². The summed E-state index contributed by atoms with van der Waals surface area (Å²) in [5.41, 5.74) is 3.51. The maximum Gasteiger partial charge on any atom is 0.265 e. The Hall–Kier alpha value is -2.15. The van der Waals surface area contributed by atoms with Crippen molar-refractivity contribution in [2.45, 2.75) is 17.7 Å². The quantitative estimate of drug-likeness (QED) is 0.495. The first-order chi connectivity index (χ1) is 14.6. The Balaban J connectivity index is 1.27. The van der Waals surface area contributed by atoms with Crippen LogP contribution < -0.4 is 4.31 Å². The van der Waals surface area contributed by atoms with Crippen LogP contribution in [-0.2, 0) is 10.0 Å². The predicted octanol–water partition coefficient (Wildman–Crippen LogP) is 5.29. The number of rotatable bonds is 5. The molecule has 2 aliphatic rings. The summed E-state index contributed by atoms with van der Waals surface area (Å²) < 4.78 is 28.8. The summed E-state index contributed by atoms with van der Waals surface area (Å²) in [5.74, 6) is 0. The molecule has 4 nitrogen and oxygen atoms in total. The fourth-order valence-electron chi connectivity index (χ4n) is 4.50. The molecule has 6 heteroatoms. The van der Waals surface area contributed by atoms with Crippen LogP contribution in [0.15, 0.2) is 76.1 Å². The van der Waals surface area contributed by atoms with Gasteiger partial charge in [-0.25, -0.2) is 8.42 Å². The second kappa shape index (κ2) is 7.84. The SMILES string of the molecule is O=S1(=O)c2cccc3c(Br)ccc(c23)N1CCCN1CC=C(c2ccccc2)CC1. The molecule has 3 aromatic rings. The van der Waals surface area contributed by atoms with E-state index in [0.717, 1.165) is 53.4 Å². The van der Waals surface area contributed by atoms with E-state index in [1.165, 1.54) is 11.1 Å². The molecule has 0 saturated heterocycles. The van der Waals surface area contributed by atoms with Crippen LogP contribution in [0.5, 0.6) is 0 Å². The molecule has 5 rings (SSSR count). The molecule has 2 heterocycles. The summed E-state index contributed by atoms with van der Waals surface area (Å²) in [4.78, 5) is 2.82. The van der Waals surface area contributed by atoms with Gasteiger partial charge in [-0.05, 0) is 47.6 Å². The van der Waals surface area contributed by atoms with Crippen molar-refractivity contribution in [3.63, 3.8) is 0 Å². The van der Waals surface area contributed by atoms with E-state index in [1.807, 2.05) is 30.3 Å². The van der Waals surface area contributed by atoms with Crippen molar-refractivity contribution >= 4 is 48.0 Å². The minimum Gasteiger partial charge on any atom is -0.299 e. The predicted molar refractivity (Wildman–Crippen MR) is 126 cm³/mol. The molecule has 0 bridgehead atoms. The number of benzene rings is 3. The molecule has 0 fully saturated rings. The Kier molecular flexibility index (Phi) is 5.17. The van der Waals surface area contributed by atoms with Crippen LogP contribution in [-0.4, -0.2) is 39.5 Å². The fourth-order valence-corrected chi connectivity index (χ4v) is 6.70. The van der Waals surface area contributed by atoms with Crippen molar-refractivity contribution in [2.75, 3.05) is 30.5 Å². The van der Waals surface area contributed by atoms with E-state index in [0.29, 0.717) is 11.4 Å². The van der Waals surface area contributed by atoms with Gasteiger partial charge in [0.1, 0.15) is 0 Å². The highest BCUT2D eigenvalue weighted by Crippen LogP contribution is 2.44. The van der Waals surface area contributed by atoms with E-state index in [1.54, 1.807) is 10.4 Å². The third kappa shape index (κ3) is 3.37. The minimum atomic E-state index is -3.48. The Morgan fingerprint density at radius 3 is 2.53 bits per heavy atom. The van der Waals surface area contributed by atoms with Gasteiger partial charge in [0.25, 0.3) is 10.0 Å². The largest absolute Gasteiger partial charge is 0.299 e. The molecule has 30 heavy (non-hydrogen) atoms. The van der Waals surface area contributed by atoms with Gasteiger partial charge < -0.3 is 0 Å². The van der Waals surface area contributed by atoms with Crippen molar-refractivity contribution in [1.29, 1.82) is 0 Å². The van der Waals surface area contributed by atoms with Gasteiger partial charge in [-0.3, -0.25) is 9.21 Å². The third-order valence-electron chi connectivity index (χ3n) is 6.04. The van der Waals surface area contributed by atoms with Crippen molar-refractivity contribution < 1.29 is 8.42 Å². The first kappa shape index (κ1) is 19.8. The first-order valence-electron chi connectivity index (χ1n) is 10.3. The van der Waals surface area contributed by atoms with E-state index in [9.17, 15) is 8.42 Å². The molecule has 3 aromatic carbocycles. The van der Waals surface area contributed by atoms with Crippen LogP contribution in [0.1, 0.15) is 18.4 Å². The van der Waals surface area contributed by atoms with E-state index >= 15 is 0 Å². The Bertz CT molecular complexity index is 1240. The standard InChI is InChI=1S/C24H23BrN2O2S/c25-21-10-11-22-24-20(21)8-4-9-23(24)30(28,29)27(22)15-5-14-26-16-12-19(13-17-26)18-6-2-1-3-7-18/h1-4,6-12H,5,13-17H2. The monoisotopic (exact) mass is 482 g/mol. The minimum absolute atomic E-state index is 0.421. The van der Waals surface area contributed by atoms with Crippen LogP contribution in [0.3, 0.4) is 0 Å². The van der Waals surface area contributed by atoms with Gasteiger partial charge in [0, 0.05) is 36.0 Å². The lowest BCUT2D eigenvalue weighted by Crippen LogP contribution is -2.34. The second-order valence-electron chi connectivity index (χ2n) is 7.82. The maximum atomic E-state index is 13.1. The molecular weight excluding hydrogens is 460 g/mol. The summed E-state index contributed by atoms with van der Waals surface area (Å²) in [6.45, 7) is 3.32. The summed E-state index contributed by atoms with van der Waals surface area (Å²) in [6, 6.07) is 19.9. The summed E-state index contributed by atoms with van der Waals surface area (Å²) >= 11 is 3.55. The Morgan fingerprint density at radius 1 is 0.933 bits per heavy atom. The molecule has 0 aromatic heterocycles. The van der Waals surface area contributed by atoms with Crippen LogP contribution >= 0.6 is 15.9 Å². The Morgan fingerprint density at radius 2 is 1.77 bits per heavy atom. The highest BCUT2D eigenvalue weighted by Gasteiger charge is 2.35. The molecule has 0 radical (unpaired) electrons. The molecule has 0 unspecified atom stereocenters. The number of hydrogen-bond acceptors (Lipinski definition) is 3. The smallest absolute Gasteiger partial charge is 0.265 e. The highest BCUT2D eigenvalue weighted by atomic mass is 79.9. The third-order valence-corrected chi connectivity index (χ3v) is 8.58. The Labute approximate surface area is 186 Å². The molecule has 154 valence electrons. The van der Waals surface area contributed by atoms with Crippen molar-refractivity contribution in [1.82, 2.24) is 4.90 Å². The van der Waals surface area contributed by atoms with E-state index in [2.05, 4.69) is 51.2 Å². The lowest BCUT2D eigenvalue weighted by Gasteiger charge is -2.27. The van der Waals surface area contributed by atoms with Gasteiger partial charge in [0.15, 0.2) is 0 Å². The molecule has 2 aliphatic heterocycles. The molecule has 0 N–H and O–H groups in total. The average Bonchev–Trinajstić information content (AvgIpc) is 3.00. The molecule has 0 amide bonds. The van der Waals surface area contributed by atoms with Crippen molar-refractivity contribution in [2.24, 2.45) is 0 Å². The highest BCUT2D eigenvalue weighted by molar-refractivity contribution is 9.10. The summed E-state index contributed by atoms with van der Waals surface area (Å²) in [5, 5.41) is 1.78. The molecule has 0 aliphatic carbocycles. The van der Waals surface area contributed by atoms with E-state index in [-0.39, 0.29) is 0 Å². The van der Waals surface area contributed by atoms with Crippen molar-refractivity contribution in [3.05, 3.63) is 76.8 Å². The van der Waals surface area contributed by atoms with Crippen LogP contribution in [0.2, 0.25) is 0 Å². The van der Waals surface area contributed by atoms with E-state index in [4.69, 9.17) is 0 Å². The van der Waals surface area contributed by atoms with Gasteiger partial charge in [-0.15, -0.1) is 0 Å². The molecular formula is C24H23BrN2O2S. The number of halogens is 1. The summed E-state index contributed by atoms with van der Waals surface area (Å²) in [6.07, 6.45) is 4.14. The summed E-state index contributed by atoms with van der Waals surface area (Å²) in [7, 11) is -3.48. The molecule has 0 atom stereocenters. The zero-order valence-corrected chi connectivity index (χ0v) is 19.0. The number of nitrogens with zero attached hydrogens (tertiary/aromatic N) is 2. The fraction of sp³-hybridized carbons (Fsp3) is 0.250. The maximum absolute atomic E-state index is 13.1. The van der Waals surface area contributed by atoms with Crippen LogP contribution in [0, 0.1) is 0 Å². The zero-order chi connectivity index (χ0) is 20.7. The van der Waals surface area contributed by atoms with Crippen LogP contribution in [0.4, 0.5) is 5.69 Å². The van der Waals surface area contributed by atoms with Gasteiger partial charge in [0.05, 0.1) is 10.6 Å².